The fraction of sp³-hybridized carbons (Fsp3) is 0.333. The molecule has 6 nitrogen and oxygen atoms in total. The Morgan fingerprint density at radius 1 is 1.29 bits per heavy atom. The predicted molar refractivity (Wildman–Crippen MR) is 95.2 cm³/mol. The molecule has 24 heavy (non-hydrogen) atoms. The zero-order chi connectivity index (χ0) is 16.8. The zero-order valence-corrected chi connectivity index (χ0v) is 14.1. The Morgan fingerprint density at radius 3 is 2.96 bits per heavy atom. The third-order valence-electron chi connectivity index (χ3n) is 3.72. The molecule has 3 aromatic rings. The van der Waals surface area contributed by atoms with Crippen LogP contribution in [0.5, 0.6) is 0 Å². The van der Waals surface area contributed by atoms with Crippen molar-refractivity contribution in [3.8, 4) is 0 Å². The monoisotopic (exact) mass is 325 g/mol. The lowest BCUT2D eigenvalue weighted by molar-refractivity contribution is 0.512. The molecule has 0 saturated carbocycles. The van der Waals surface area contributed by atoms with Crippen molar-refractivity contribution in [2.24, 2.45) is 4.99 Å². The second-order valence-corrected chi connectivity index (χ2v) is 5.61. The molecule has 0 fully saturated rings. The molecule has 0 atom stereocenters. The lowest BCUT2D eigenvalue weighted by Gasteiger charge is -2.10. The van der Waals surface area contributed by atoms with E-state index in [-0.39, 0.29) is 0 Å². The first kappa shape index (κ1) is 16.1. The number of aryl methyl sites for hydroxylation is 1. The minimum absolute atomic E-state index is 0.524. The third-order valence-corrected chi connectivity index (χ3v) is 3.72. The van der Waals surface area contributed by atoms with E-state index in [1.54, 1.807) is 6.26 Å². The third kappa shape index (κ3) is 3.95. The van der Waals surface area contributed by atoms with Crippen molar-refractivity contribution < 1.29 is 4.42 Å². The standard InChI is InChI=1S/C18H23N5O/c1-3-19-18(21-12-16-7-5-11-24-16)20-9-8-15-13-23-10-4-6-14(2)17(23)22-15/h4-7,10-11,13H,3,8-9,12H2,1-2H3,(H2,19,20,21). The number of rotatable bonds is 6. The average molecular weight is 325 g/mol. The van der Waals surface area contributed by atoms with Crippen LogP contribution in [0.3, 0.4) is 0 Å². The minimum Gasteiger partial charge on any atom is -0.467 e. The van der Waals surface area contributed by atoms with Gasteiger partial charge in [-0.05, 0) is 37.6 Å². The second kappa shape index (κ2) is 7.68. The van der Waals surface area contributed by atoms with Crippen LogP contribution in [0.2, 0.25) is 0 Å². The van der Waals surface area contributed by atoms with Crippen molar-refractivity contribution in [2.75, 3.05) is 13.1 Å². The van der Waals surface area contributed by atoms with E-state index in [0.717, 1.165) is 42.6 Å². The summed E-state index contributed by atoms with van der Waals surface area (Å²) in [4.78, 5) is 9.21. The Kier molecular flexibility index (Phi) is 5.15. The van der Waals surface area contributed by atoms with Gasteiger partial charge in [0.05, 0.1) is 12.0 Å². The van der Waals surface area contributed by atoms with Crippen LogP contribution in [0.25, 0.3) is 5.65 Å². The molecule has 0 radical (unpaired) electrons. The lowest BCUT2D eigenvalue weighted by atomic mass is 10.3. The van der Waals surface area contributed by atoms with Gasteiger partial charge < -0.3 is 19.5 Å². The van der Waals surface area contributed by atoms with Crippen LogP contribution in [-0.4, -0.2) is 28.4 Å². The van der Waals surface area contributed by atoms with Gasteiger partial charge in [-0.3, -0.25) is 0 Å². The fourth-order valence-corrected chi connectivity index (χ4v) is 2.54. The van der Waals surface area contributed by atoms with Gasteiger partial charge >= 0.3 is 0 Å². The number of fused-ring (bicyclic) bond motifs is 1. The van der Waals surface area contributed by atoms with E-state index in [9.17, 15) is 0 Å². The number of nitrogens with zero attached hydrogens (tertiary/aromatic N) is 3. The molecule has 0 unspecified atom stereocenters. The Labute approximate surface area is 141 Å². The van der Waals surface area contributed by atoms with Crippen LogP contribution >= 0.6 is 0 Å². The van der Waals surface area contributed by atoms with Crippen molar-refractivity contribution in [3.05, 3.63) is 59.9 Å². The maximum absolute atomic E-state index is 5.31. The predicted octanol–water partition coefficient (Wildman–Crippen LogP) is 2.53. The van der Waals surface area contributed by atoms with Crippen molar-refractivity contribution in [1.82, 2.24) is 20.0 Å². The van der Waals surface area contributed by atoms with Crippen LogP contribution in [0.4, 0.5) is 0 Å². The highest BCUT2D eigenvalue weighted by atomic mass is 16.3. The minimum atomic E-state index is 0.524. The molecule has 3 heterocycles. The normalized spacial score (nSPS) is 11.8. The topological polar surface area (TPSA) is 66.9 Å². The highest BCUT2D eigenvalue weighted by molar-refractivity contribution is 5.79. The molecule has 0 bridgehead atoms. The van der Waals surface area contributed by atoms with Crippen LogP contribution in [0.1, 0.15) is 23.9 Å². The van der Waals surface area contributed by atoms with Crippen molar-refractivity contribution in [1.29, 1.82) is 0 Å². The van der Waals surface area contributed by atoms with Gasteiger partial charge in [0, 0.05) is 31.9 Å². The summed E-state index contributed by atoms with van der Waals surface area (Å²) >= 11 is 0. The van der Waals surface area contributed by atoms with Crippen molar-refractivity contribution >= 4 is 11.6 Å². The quantitative estimate of drug-likeness (QED) is 0.540. The van der Waals surface area contributed by atoms with Gasteiger partial charge in [0.25, 0.3) is 0 Å². The first-order valence-electron chi connectivity index (χ1n) is 8.24. The molecule has 3 aromatic heterocycles. The van der Waals surface area contributed by atoms with E-state index < -0.39 is 0 Å². The first-order valence-corrected chi connectivity index (χ1v) is 8.24. The molecule has 0 aromatic carbocycles. The van der Waals surface area contributed by atoms with E-state index >= 15 is 0 Å². The largest absolute Gasteiger partial charge is 0.467 e. The molecular formula is C18H23N5O. The molecule has 0 spiro atoms. The highest BCUT2D eigenvalue weighted by Crippen LogP contribution is 2.10. The average Bonchev–Trinajstić information content (AvgIpc) is 3.22. The van der Waals surface area contributed by atoms with Gasteiger partial charge in [-0.25, -0.2) is 9.98 Å². The number of aromatic nitrogens is 2. The maximum atomic E-state index is 5.31. The van der Waals surface area contributed by atoms with E-state index in [2.05, 4.69) is 51.1 Å². The number of pyridine rings is 1. The molecule has 3 rings (SSSR count). The van der Waals surface area contributed by atoms with Gasteiger partial charge in [-0.15, -0.1) is 0 Å². The number of hydrogen-bond donors (Lipinski definition) is 2. The summed E-state index contributed by atoms with van der Waals surface area (Å²) in [6.45, 7) is 6.24. The lowest BCUT2D eigenvalue weighted by Crippen LogP contribution is -2.38. The molecule has 2 N–H and O–H groups in total. The fourth-order valence-electron chi connectivity index (χ4n) is 2.54. The van der Waals surface area contributed by atoms with Gasteiger partial charge in [-0.1, -0.05) is 6.07 Å². The summed E-state index contributed by atoms with van der Waals surface area (Å²) in [5.74, 6) is 1.64. The Bertz CT molecular complexity index is 804. The molecule has 0 amide bonds. The molecule has 0 aliphatic rings. The summed E-state index contributed by atoms with van der Waals surface area (Å²) in [6.07, 6.45) is 6.61. The zero-order valence-electron chi connectivity index (χ0n) is 14.1. The number of guanidine groups is 1. The van der Waals surface area contributed by atoms with E-state index in [1.807, 2.05) is 24.4 Å². The molecule has 0 saturated heterocycles. The molecule has 6 heteroatoms. The number of nitrogens with one attached hydrogen (secondary N) is 2. The maximum Gasteiger partial charge on any atom is 0.191 e. The first-order chi connectivity index (χ1) is 11.8. The number of aliphatic imine (C=N–C) groups is 1. The number of hydrogen-bond acceptors (Lipinski definition) is 3. The van der Waals surface area contributed by atoms with Gasteiger partial charge in [0.1, 0.15) is 18.0 Å². The Morgan fingerprint density at radius 2 is 2.21 bits per heavy atom. The highest BCUT2D eigenvalue weighted by Gasteiger charge is 2.04. The number of imidazole rings is 1. The summed E-state index contributed by atoms with van der Waals surface area (Å²) in [5.41, 5.74) is 3.27. The molecule has 0 aliphatic heterocycles. The summed E-state index contributed by atoms with van der Waals surface area (Å²) in [6, 6.07) is 7.91. The van der Waals surface area contributed by atoms with E-state index in [4.69, 9.17) is 4.42 Å². The van der Waals surface area contributed by atoms with Crippen LogP contribution in [0, 0.1) is 6.92 Å². The van der Waals surface area contributed by atoms with Crippen molar-refractivity contribution in [3.63, 3.8) is 0 Å². The Balaban J connectivity index is 1.57. The second-order valence-electron chi connectivity index (χ2n) is 5.61. The number of furan rings is 1. The SMILES string of the molecule is CCNC(=NCc1ccco1)NCCc1cn2cccc(C)c2n1. The van der Waals surface area contributed by atoms with Gasteiger partial charge in [-0.2, -0.15) is 0 Å². The summed E-state index contributed by atoms with van der Waals surface area (Å²) in [5, 5.41) is 6.58. The van der Waals surface area contributed by atoms with E-state index in [0.29, 0.717) is 6.54 Å². The summed E-state index contributed by atoms with van der Waals surface area (Å²) in [7, 11) is 0. The van der Waals surface area contributed by atoms with Crippen LogP contribution in [0.15, 0.2) is 52.3 Å². The van der Waals surface area contributed by atoms with Crippen molar-refractivity contribution in [2.45, 2.75) is 26.8 Å². The van der Waals surface area contributed by atoms with E-state index in [1.165, 1.54) is 5.56 Å². The molecule has 0 aliphatic carbocycles. The van der Waals surface area contributed by atoms with Gasteiger partial charge in [0.15, 0.2) is 5.96 Å². The molecule has 126 valence electrons. The molecular weight excluding hydrogens is 302 g/mol. The van der Waals surface area contributed by atoms with Crippen LogP contribution in [-0.2, 0) is 13.0 Å². The Hall–Kier alpha value is -2.76. The summed E-state index contributed by atoms with van der Waals surface area (Å²) < 4.78 is 7.38. The van der Waals surface area contributed by atoms with Gasteiger partial charge in [0.2, 0.25) is 0 Å². The smallest absolute Gasteiger partial charge is 0.191 e. The van der Waals surface area contributed by atoms with Crippen LogP contribution < -0.4 is 10.6 Å².